The molecule has 0 aromatic heterocycles. The van der Waals surface area contributed by atoms with Crippen LogP contribution in [-0.4, -0.2) is 70.8 Å². The van der Waals surface area contributed by atoms with Gasteiger partial charge in [0.15, 0.2) is 6.10 Å². The van der Waals surface area contributed by atoms with Gasteiger partial charge in [-0.25, -0.2) is 9.59 Å². The molecule has 50 heavy (non-hydrogen) atoms. The van der Waals surface area contributed by atoms with Crippen molar-refractivity contribution in [1.82, 2.24) is 21.3 Å². The number of carbonyl (C=O) groups is 5. The third-order valence-electron chi connectivity index (χ3n) is 7.77. The molecular formula is C38H56N4O8. The second kappa shape index (κ2) is 20.3. The van der Waals surface area contributed by atoms with Crippen LogP contribution in [0.5, 0.6) is 0 Å². The van der Waals surface area contributed by atoms with Crippen LogP contribution in [0.4, 0.5) is 4.79 Å². The molecule has 0 aliphatic carbocycles. The normalized spacial score (nSPS) is 14.5. The van der Waals surface area contributed by atoms with Gasteiger partial charge in [0.05, 0.1) is 6.04 Å². The Bertz CT molecular complexity index is 1380. The van der Waals surface area contributed by atoms with E-state index in [1.165, 1.54) is 0 Å². The summed E-state index contributed by atoms with van der Waals surface area (Å²) in [4.78, 5) is 66.0. The molecule has 5 N–H and O–H groups in total. The third kappa shape index (κ3) is 15.0. The average molecular weight is 697 g/mol. The minimum Gasteiger partial charge on any atom is -0.458 e. The Balaban J connectivity index is 2.15. The first-order chi connectivity index (χ1) is 23.5. The number of hydrogen-bond acceptors (Lipinski definition) is 8. The number of esters is 1. The highest BCUT2D eigenvalue weighted by atomic mass is 16.6. The van der Waals surface area contributed by atoms with Gasteiger partial charge in [0.25, 0.3) is 5.91 Å². The number of carbonyl (C=O) groups excluding carboxylic acids is 5. The standard InChI is InChI=1S/C38H56N4O8/c1-9-28(32(43)35(46)40-30(22-24(2)3)34(45)42-31(25(4)5)36(47)50-38(6,7)8)39-33(44)29(21-20-26-16-12-10-13-17-26)41-37(48)49-23-27-18-14-11-15-19-27/h10-19,24-25,28-32,43H,9,20-23H2,1-8H3,(H,39,44)(H,40,46)(H,41,48)(H,42,45)/t28?,29-,30+,31-,32?/m0/s1. The van der Waals surface area contributed by atoms with Crippen LogP contribution in [0.25, 0.3) is 0 Å². The molecule has 2 aromatic carbocycles. The van der Waals surface area contributed by atoms with E-state index in [0.29, 0.717) is 6.42 Å². The summed E-state index contributed by atoms with van der Waals surface area (Å²) >= 11 is 0. The van der Waals surface area contributed by atoms with Crippen molar-refractivity contribution < 1.29 is 38.6 Å². The molecule has 2 unspecified atom stereocenters. The van der Waals surface area contributed by atoms with Crippen LogP contribution in [0.1, 0.15) is 85.8 Å². The number of rotatable bonds is 18. The topological polar surface area (TPSA) is 172 Å². The summed E-state index contributed by atoms with van der Waals surface area (Å²) in [6.45, 7) is 14.2. The molecule has 0 aliphatic heterocycles. The van der Waals surface area contributed by atoms with E-state index in [0.717, 1.165) is 11.1 Å². The lowest BCUT2D eigenvalue weighted by Crippen LogP contribution is -2.59. The molecule has 276 valence electrons. The highest BCUT2D eigenvalue weighted by Crippen LogP contribution is 2.14. The van der Waals surface area contributed by atoms with Crippen LogP contribution < -0.4 is 21.3 Å². The van der Waals surface area contributed by atoms with E-state index in [2.05, 4.69) is 21.3 Å². The molecule has 0 spiro atoms. The lowest BCUT2D eigenvalue weighted by molar-refractivity contribution is -0.160. The number of ether oxygens (including phenoxy) is 2. The fourth-order valence-corrected chi connectivity index (χ4v) is 5.08. The molecule has 2 aromatic rings. The van der Waals surface area contributed by atoms with E-state index in [9.17, 15) is 29.1 Å². The van der Waals surface area contributed by atoms with Gasteiger partial charge in [0, 0.05) is 0 Å². The minimum absolute atomic E-state index is 0.0109. The number of aliphatic hydroxyl groups excluding tert-OH is 1. The Morgan fingerprint density at radius 3 is 1.82 bits per heavy atom. The molecule has 0 saturated carbocycles. The van der Waals surface area contributed by atoms with Crippen molar-refractivity contribution in [3.05, 3.63) is 71.8 Å². The highest BCUT2D eigenvalue weighted by Gasteiger charge is 2.35. The summed E-state index contributed by atoms with van der Waals surface area (Å²) in [5, 5.41) is 21.8. The van der Waals surface area contributed by atoms with Crippen LogP contribution in [0.15, 0.2) is 60.7 Å². The first-order valence-electron chi connectivity index (χ1n) is 17.3. The van der Waals surface area contributed by atoms with Gasteiger partial charge in [-0.05, 0) is 69.4 Å². The molecule has 4 amide bonds. The van der Waals surface area contributed by atoms with Gasteiger partial charge in [-0.15, -0.1) is 0 Å². The van der Waals surface area contributed by atoms with Gasteiger partial charge in [0.1, 0.15) is 30.3 Å². The Morgan fingerprint density at radius 2 is 1.30 bits per heavy atom. The van der Waals surface area contributed by atoms with E-state index in [1.807, 2.05) is 74.5 Å². The maximum Gasteiger partial charge on any atom is 0.408 e. The van der Waals surface area contributed by atoms with Crippen LogP contribution in [0.3, 0.4) is 0 Å². The van der Waals surface area contributed by atoms with Crippen LogP contribution in [0, 0.1) is 11.8 Å². The number of benzene rings is 2. The SMILES string of the molecule is CCC(NC(=O)[C@H](CCc1ccccc1)NC(=O)OCc1ccccc1)C(O)C(=O)N[C@H](CC(C)C)C(=O)N[C@H](C(=O)OC(C)(C)C)C(C)C. The zero-order valence-electron chi connectivity index (χ0n) is 30.7. The van der Waals surface area contributed by atoms with Crippen molar-refractivity contribution in [3.63, 3.8) is 0 Å². The molecule has 0 fully saturated rings. The monoisotopic (exact) mass is 696 g/mol. The van der Waals surface area contributed by atoms with E-state index in [-0.39, 0.29) is 37.7 Å². The molecule has 12 heteroatoms. The third-order valence-corrected chi connectivity index (χ3v) is 7.77. The minimum atomic E-state index is -1.72. The molecule has 0 saturated heterocycles. The average Bonchev–Trinajstić information content (AvgIpc) is 3.05. The zero-order chi connectivity index (χ0) is 37.4. The number of amides is 4. The smallest absolute Gasteiger partial charge is 0.408 e. The fourth-order valence-electron chi connectivity index (χ4n) is 5.08. The number of aliphatic hydroxyl groups is 1. The van der Waals surface area contributed by atoms with E-state index >= 15 is 0 Å². The van der Waals surface area contributed by atoms with E-state index < -0.39 is 65.7 Å². The summed E-state index contributed by atoms with van der Waals surface area (Å²) in [7, 11) is 0. The van der Waals surface area contributed by atoms with Crippen molar-refractivity contribution in [3.8, 4) is 0 Å². The molecule has 0 bridgehead atoms. The van der Waals surface area contributed by atoms with Crippen molar-refractivity contribution in [2.24, 2.45) is 11.8 Å². The maximum absolute atomic E-state index is 13.6. The Hall–Kier alpha value is -4.45. The van der Waals surface area contributed by atoms with E-state index in [4.69, 9.17) is 9.47 Å². The highest BCUT2D eigenvalue weighted by molar-refractivity contribution is 5.92. The summed E-state index contributed by atoms with van der Waals surface area (Å²) in [5.41, 5.74) is 0.974. The van der Waals surface area contributed by atoms with Crippen molar-refractivity contribution in [1.29, 1.82) is 0 Å². The maximum atomic E-state index is 13.6. The predicted octanol–water partition coefficient (Wildman–Crippen LogP) is 4.18. The number of hydrogen-bond donors (Lipinski definition) is 5. The summed E-state index contributed by atoms with van der Waals surface area (Å²) in [6.07, 6.45) is -1.44. The second-order valence-electron chi connectivity index (χ2n) is 14.2. The van der Waals surface area contributed by atoms with Crippen molar-refractivity contribution in [2.75, 3.05) is 0 Å². The fraction of sp³-hybridized carbons (Fsp3) is 0.553. The zero-order valence-corrected chi connectivity index (χ0v) is 30.7. The Kier molecular flexibility index (Phi) is 16.9. The second-order valence-corrected chi connectivity index (χ2v) is 14.2. The molecular weight excluding hydrogens is 640 g/mol. The number of alkyl carbamates (subject to hydrolysis) is 1. The van der Waals surface area contributed by atoms with Crippen molar-refractivity contribution in [2.45, 2.75) is 124 Å². The van der Waals surface area contributed by atoms with Gasteiger partial charge < -0.3 is 35.8 Å². The Labute approximate surface area is 296 Å². The largest absolute Gasteiger partial charge is 0.458 e. The van der Waals surface area contributed by atoms with Crippen LogP contribution in [-0.2, 0) is 41.7 Å². The summed E-state index contributed by atoms with van der Waals surface area (Å²) in [6, 6.07) is 14.4. The van der Waals surface area contributed by atoms with Gasteiger partial charge in [-0.3, -0.25) is 14.4 Å². The lowest BCUT2D eigenvalue weighted by atomic mass is 9.99. The van der Waals surface area contributed by atoms with Crippen LogP contribution >= 0.6 is 0 Å². The number of nitrogens with one attached hydrogen (secondary N) is 4. The predicted molar refractivity (Wildman–Crippen MR) is 191 cm³/mol. The first kappa shape index (κ1) is 41.7. The molecule has 0 heterocycles. The van der Waals surface area contributed by atoms with Gasteiger partial charge in [0.2, 0.25) is 11.8 Å². The van der Waals surface area contributed by atoms with Gasteiger partial charge in [-0.1, -0.05) is 95.3 Å². The summed E-state index contributed by atoms with van der Waals surface area (Å²) in [5.74, 6) is -2.99. The number of aryl methyl sites for hydroxylation is 1. The van der Waals surface area contributed by atoms with Gasteiger partial charge >= 0.3 is 12.1 Å². The quantitative estimate of drug-likeness (QED) is 0.145. The van der Waals surface area contributed by atoms with Gasteiger partial charge in [-0.2, -0.15) is 0 Å². The van der Waals surface area contributed by atoms with E-state index in [1.54, 1.807) is 41.5 Å². The molecule has 0 radical (unpaired) electrons. The summed E-state index contributed by atoms with van der Waals surface area (Å²) < 4.78 is 10.8. The first-order valence-corrected chi connectivity index (χ1v) is 17.3. The molecule has 2 rings (SSSR count). The Morgan fingerprint density at radius 1 is 0.740 bits per heavy atom. The van der Waals surface area contributed by atoms with Crippen molar-refractivity contribution >= 4 is 29.8 Å². The molecule has 5 atom stereocenters. The lowest BCUT2D eigenvalue weighted by Gasteiger charge is -2.30. The van der Waals surface area contributed by atoms with Crippen LogP contribution in [0.2, 0.25) is 0 Å². The molecule has 12 nitrogen and oxygen atoms in total. The molecule has 0 aliphatic rings.